The lowest BCUT2D eigenvalue weighted by molar-refractivity contribution is -0.129. The molecule has 1 heterocycles. The molecule has 1 amide bonds. The number of ether oxygens (including phenoxy) is 1. The molecule has 37 heavy (non-hydrogen) atoms. The van der Waals surface area contributed by atoms with E-state index in [0.717, 1.165) is 9.87 Å². The second-order valence-corrected chi connectivity index (χ2v) is 11.5. The van der Waals surface area contributed by atoms with Gasteiger partial charge in [-0.25, -0.2) is 8.42 Å². The normalized spacial score (nSPS) is 14.0. The van der Waals surface area contributed by atoms with E-state index < -0.39 is 10.0 Å². The first-order chi connectivity index (χ1) is 17.6. The van der Waals surface area contributed by atoms with Gasteiger partial charge in [0.1, 0.15) is 17.2 Å². The van der Waals surface area contributed by atoms with Gasteiger partial charge in [-0.1, -0.05) is 29.8 Å². The molecular formula is C28H32ClN3O4S. The Balaban J connectivity index is 1.59. The standard InChI is InChI=1S/C28H32ClN3O4S/c1-20-8-13-26(36-4)27(18-20)37(34,35)32(24-11-9-23(29)10-12-24)19-28(33)31-16-14-30(15-17-31)25-7-5-6-21(2)22(25)3/h5-13,18H,14-17,19H2,1-4H3. The molecule has 9 heteroatoms. The van der Waals surface area contributed by atoms with Crippen LogP contribution in [0.15, 0.2) is 65.6 Å². The first kappa shape index (κ1) is 26.8. The second kappa shape index (κ2) is 11.0. The number of nitrogens with zero attached hydrogens (tertiary/aromatic N) is 3. The van der Waals surface area contributed by atoms with Crippen molar-refractivity contribution in [2.45, 2.75) is 25.7 Å². The Labute approximate surface area is 224 Å². The Morgan fingerprint density at radius 3 is 2.30 bits per heavy atom. The molecule has 1 aliphatic heterocycles. The van der Waals surface area contributed by atoms with Gasteiger partial charge in [-0.05, 0) is 79.9 Å². The molecule has 1 saturated heterocycles. The number of benzene rings is 3. The summed E-state index contributed by atoms with van der Waals surface area (Å²) < 4.78 is 34.3. The van der Waals surface area contributed by atoms with E-state index in [2.05, 4.69) is 30.9 Å². The first-order valence-electron chi connectivity index (χ1n) is 12.1. The van der Waals surface area contributed by atoms with Crippen molar-refractivity contribution in [2.24, 2.45) is 0 Å². The number of rotatable bonds is 7. The smallest absolute Gasteiger partial charge is 0.268 e. The summed E-state index contributed by atoms with van der Waals surface area (Å²) in [6, 6.07) is 17.6. The van der Waals surface area contributed by atoms with Gasteiger partial charge >= 0.3 is 0 Å². The molecule has 3 aromatic carbocycles. The largest absolute Gasteiger partial charge is 0.495 e. The van der Waals surface area contributed by atoms with Gasteiger partial charge in [0.05, 0.1) is 12.8 Å². The maximum absolute atomic E-state index is 13.9. The average Bonchev–Trinajstić information content (AvgIpc) is 2.89. The van der Waals surface area contributed by atoms with E-state index in [1.54, 1.807) is 47.4 Å². The third-order valence-corrected chi connectivity index (χ3v) is 8.88. The molecule has 7 nitrogen and oxygen atoms in total. The Kier molecular flexibility index (Phi) is 7.99. The molecule has 0 N–H and O–H groups in total. The topological polar surface area (TPSA) is 70.2 Å². The number of aryl methyl sites for hydroxylation is 2. The second-order valence-electron chi connectivity index (χ2n) is 9.23. The van der Waals surface area contributed by atoms with Crippen molar-refractivity contribution in [2.75, 3.05) is 49.0 Å². The van der Waals surface area contributed by atoms with Crippen molar-refractivity contribution in [1.82, 2.24) is 4.90 Å². The van der Waals surface area contributed by atoms with Crippen molar-refractivity contribution >= 4 is 38.9 Å². The van der Waals surface area contributed by atoms with Crippen LogP contribution in [-0.4, -0.2) is 59.1 Å². The molecule has 0 aliphatic carbocycles. The third-order valence-electron chi connectivity index (χ3n) is 6.83. The zero-order valence-corrected chi connectivity index (χ0v) is 23.1. The van der Waals surface area contributed by atoms with Crippen molar-refractivity contribution in [3.05, 3.63) is 82.4 Å². The summed E-state index contributed by atoms with van der Waals surface area (Å²) in [7, 11) is -2.70. The summed E-state index contributed by atoms with van der Waals surface area (Å²) >= 11 is 6.06. The van der Waals surface area contributed by atoms with Gasteiger partial charge in [0.2, 0.25) is 5.91 Å². The predicted octanol–water partition coefficient (Wildman–Crippen LogP) is 4.82. The number of methoxy groups -OCH3 is 1. The fraction of sp³-hybridized carbons (Fsp3) is 0.321. The number of sulfonamides is 1. The van der Waals surface area contributed by atoms with Crippen molar-refractivity contribution in [3.8, 4) is 5.75 Å². The summed E-state index contributed by atoms with van der Waals surface area (Å²) in [5, 5.41) is 0.475. The van der Waals surface area contributed by atoms with Gasteiger partial charge in [0, 0.05) is 36.9 Å². The van der Waals surface area contributed by atoms with Gasteiger partial charge in [-0.3, -0.25) is 9.10 Å². The summed E-state index contributed by atoms with van der Waals surface area (Å²) in [5.74, 6) is -0.0371. The Hall–Kier alpha value is -3.23. The minimum Gasteiger partial charge on any atom is -0.495 e. The molecule has 3 aromatic rings. The SMILES string of the molecule is COc1ccc(C)cc1S(=O)(=O)N(CC(=O)N1CCN(c2cccc(C)c2C)CC1)c1ccc(Cl)cc1. The lowest BCUT2D eigenvalue weighted by Gasteiger charge is -2.38. The molecule has 4 rings (SSSR count). The van der Waals surface area contributed by atoms with E-state index in [0.29, 0.717) is 36.9 Å². The van der Waals surface area contributed by atoms with Crippen LogP contribution in [0, 0.1) is 20.8 Å². The lowest BCUT2D eigenvalue weighted by atomic mass is 10.1. The van der Waals surface area contributed by atoms with Crippen LogP contribution >= 0.6 is 11.6 Å². The fourth-order valence-corrected chi connectivity index (χ4v) is 6.31. The van der Waals surface area contributed by atoms with Crippen LogP contribution in [0.5, 0.6) is 5.75 Å². The van der Waals surface area contributed by atoms with E-state index in [4.69, 9.17) is 16.3 Å². The van der Waals surface area contributed by atoms with E-state index in [9.17, 15) is 13.2 Å². The van der Waals surface area contributed by atoms with Crippen LogP contribution in [0.25, 0.3) is 0 Å². The van der Waals surface area contributed by atoms with Crippen LogP contribution in [0.4, 0.5) is 11.4 Å². The van der Waals surface area contributed by atoms with Crippen LogP contribution in [-0.2, 0) is 14.8 Å². The van der Waals surface area contributed by atoms with E-state index in [1.807, 2.05) is 13.0 Å². The van der Waals surface area contributed by atoms with Crippen LogP contribution < -0.4 is 13.9 Å². The molecular weight excluding hydrogens is 510 g/mol. The molecule has 0 atom stereocenters. The molecule has 1 aliphatic rings. The fourth-order valence-electron chi connectivity index (χ4n) is 4.52. The summed E-state index contributed by atoms with van der Waals surface area (Å²) in [4.78, 5) is 17.5. The first-order valence-corrected chi connectivity index (χ1v) is 14.0. The van der Waals surface area contributed by atoms with Crippen molar-refractivity contribution in [1.29, 1.82) is 0 Å². The molecule has 0 spiro atoms. The molecule has 0 bridgehead atoms. The summed E-state index contributed by atoms with van der Waals surface area (Å²) in [6.45, 7) is 8.05. The van der Waals surface area contributed by atoms with Crippen LogP contribution in [0.3, 0.4) is 0 Å². The summed E-state index contributed by atoms with van der Waals surface area (Å²) in [6.07, 6.45) is 0. The molecule has 196 valence electrons. The highest BCUT2D eigenvalue weighted by Crippen LogP contribution is 2.32. The number of carbonyl (C=O) groups excluding carboxylic acids is 1. The van der Waals surface area contributed by atoms with E-state index in [1.165, 1.54) is 23.9 Å². The number of piperazine rings is 1. The zero-order valence-electron chi connectivity index (χ0n) is 21.6. The Bertz CT molecular complexity index is 1390. The van der Waals surface area contributed by atoms with Crippen LogP contribution in [0.1, 0.15) is 16.7 Å². The number of carbonyl (C=O) groups is 1. The minimum atomic E-state index is -4.12. The molecule has 0 aromatic heterocycles. The Morgan fingerprint density at radius 1 is 0.973 bits per heavy atom. The molecule has 0 radical (unpaired) electrons. The number of hydrogen-bond acceptors (Lipinski definition) is 5. The van der Waals surface area contributed by atoms with Gasteiger partial charge in [-0.2, -0.15) is 0 Å². The van der Waals surface area contributed by atoms with Gasteiger partial charge < -0.3 is 14.5 Å². The predicted molar refractivity (Wildman–Crippen MR) is 148 cm³/mol. The maximum atomic E-state index is 13.9. The van der Waals surface area contributed by atoms with E-state index >= 15 is 0 Å². The number of amides is 1. The lowest BCUT2D eigenvalue weighted by Crippen LogP contribution is -2.52. The summed E-state index contributed by atoms with van der Waals surface area (Å²) in [5.41, 5.74) is 4.75. The Morgan fingerprint density at radius 2 is 1.65 bits per heavy atom. The van der Waals surface area contributed by atoms with Crippen LogP contribution in [0.2, 0.25) is 5.02 Å². The minimum absolute atomic E-state index is 0.0116. The highest BCUT2D eigenvalue weighted by atomic mass is 35.5. The van der Waals surface area contributed by atoms with E-state index in [-0.39, 0.29) is 23.1 Å². The van der Waals surface area contributed by atoms with Gasteiger partial charge in [0.25, 0.3) is 10.0 Å². The maximum Gasteiger partial charge on any atom is 0.268 e. The molecule has 0 saturated carbocycles. The van der Waals surface area contributed by atoms with Gasteiger partial charge in [0.15, 0.2) is 0 Å². The number of hydrogen-bond donors (Lipinski definition) is 0. The average molecular weight is 542 g/mol. The third kappa shape index (κ3) is 5.70. The molecule has 0 unspecified atom stereocenters. The van der Waals surface area contributed by atoms with Gasteiger partial charge in [-0.15, -0.1) is 0 Å². The van der Waals surface area contributed by atoms with Crippen molar-refractivity contribution < 1.29 is 17.9 Å². The zero-order chi connectivity index (χ0) is 26.7. The number of halogens is 1. The van der Waals surface area contributed by atoms with Crippen molar-refractivity contribution in [3.63, 3.8) is 0 Å². The highest BCUT2D eigenvalue weighted by Gasteiger charge is 2.32. The molecule has 1 fully saturated rings. The monoisotopic (exact) mass is 541 g/mol. The quantitative estimate of drug-likeness (QED) is 0.429. The highest BCUT2D eigenvalue weighted by molar-refractivity contribution is 7.93. The number of anilines is 2.